The Bertz CT molecular complexity index is 582. The highest BCUT2D eigenvalue weighted by molar-refractivity contribution is 7.12. The Labute approximate surface area is 114 Å². The third-order valence-electron chi connectivity index (χ3n) is 2.78. The summed E-state index contributed by atoms with van der Waals surface area (Å²) in [6.07, 6.45) is 0. The van der Waals surface area contributed by atoms with Crippen LogP contribution in [0.2, 0.25) is 0 Å². The molecule has 100 valence electrons. The maximum atomic E-state index is 13.5. The molecule has 2 rings (SSSR count). The number of hydrogen-bond acceptors (Lipinski definition) is 3. The van der Waals surface area contributed by atoms with E-state index in [9.17, 15) is 9.18 Å². The molecule has 0 aliphatic heterocycles. The minimum atomic E-state index is -0.913. The SMILES string of the molecule is CN(Cc1ccccc1F)Cc1ccsc1C(=O)O. The van der Waals surface area contributed by atoms with Gasteiger partial charge >= 0.3 is 5.97 Å². The Morgan fingerprint density at radius 3 is 2.63 bits per heavy atom. The first-order valence-electron chi connectivity index (χ1n) is 5.79. The summed E-state index contributed by atoms with van der Waals surface area (Å²) < 4.78 is 13.5. The third kappa shape index (κ3) is 3.39. The zero-order chi connectivity index (χ0) is 13.8. The van der Waals surface area contributed by atoms with Crippen LogP contribution in [-0.4, -0.2) is 23.0 Å². The lowest BCUT2D eigenvalue weighted by molar-refractivity contribution is 0.0700. The molecule has 0 saturated carbocycles. The molecule has 1 heterocycles. The molecule has 1 aromatic carbocycles. The van der Waals surface area contributed by atoms with Crippen LogP contribution in [0.25, 0.3) is 0 Å². The van der Waals surface area contributed by atoms with Crippen LogP contribution in [0.1, 0.15) is 20.8 Å². The van der Waals surface area contributed by atoms with Gasteiger partial charge in [0.2, 0.25) is 0 Å². The Kier molecular flexibility index (Phi) is 4.29. The predicted octanol–water partition coefficient (Wildman–Crippen LogP) is 3.22. The van der Waals surface area contributed by atoms with Crippen LogP contribution < -0.4 is 0 Å². The molecular weight excluding hydrogens is 265 g/mol. The maximum Gasteiger partial charge on any atom is 0.346 e. The number of carbonyl (C=O) groups is 1. The lowest BCUT2D eigenvalue weighted by Gasteiger charge is -2.16. The number of carboxylic acid groups (broad SMARTS) is 1. The summed E-state index contributed by atoms with van der Waals surface area (Å²) in [7, 11) is 1.84. The van der Waals surface area contributed by atoms with Gasteiger partial charge in [-0.2, -0.15) is 0 Å². The molecule has 5 heteroatoms. The van der Waals surface area contributed by atoms with E-state index < -0.39 is 5.97 Å². The summed E-state index contributed by atoms with van der Waals surface area (Å²) in [6.45, 7) is 0.932. The van der Waals surface area contributed by atoms with Gasteiger partial charge in [-0.25, -0.2) is 9.18 Å². The number of carboxylic acids is 1. The van der Waals surface area contributed by atoms with Crippen LogP contribution >= 0.6 is 11.3 Å². The second-order valence-corrected chi connectivity index (χ2v) is 5.26. The van der Waals surface area contributed by atoms with Gasteiger partial charge in [0.25, 0.3) is 0 Å². The number of halogens is 1. The summed E-state index contributed by atoms with van der Waals surface area (Å²) in [5, 5.41) is 10.8. The molecule has 0 aliphatic rings. The van der Waals surface area contributed by atoms with Crippen molar-refractivity contribution in [2.75, 3.05) is 7.05 Å². The van der Waals surface area contributed by atoms with Crippen molar-refractivity contribution in [3.8, 4) is 0 Å². The standard InChI is InChI=1S/C14H14FNO2S/c1-16(8-10-4-2-3-5-12(10)15)9-11-6-7-19-13(11)14(17)18/h2-7H,8-9H2,1H3,(H,17,18). The van der Waals surface area contributed by atoms with Crippen molar-refractivity contribution in [2.45, 2.75) is 13.1 Å². The van der Waals surface area contributed by atoms with Crippen molar-refractivity contribution in [1.29, 1.82) is 0 Å². The van der Waals surface area contributed by atoms with Gasteiger partial charge in [0.1, 0.15) is 10.7 Å². The van der Waals surface area contributed by atoms with E-state index in [1.807, 2.05) is 11.9 Å². The molecule has 0 atom stereocenters. The molecule has 0 unspecified atom stereocenters. The van der Waals surface area contributed by atoms with E-state index in [-0.39, 0.29) is 5.82 Å². The highest BCUT2D eigenvalue weighted by atomic mass is 32.1. The van der Waals surface area contributed by atoms with Crippen molar-refractivity contribution < 1.29 is 14.3 Å². The lowest BCUT2D eigenvalue weighted by Crippen LogP contribution is -2.18. The molecule has 0 radical (unpaired) electrons. The van der Waals surface area contributed by atoms with Gasteiger partial charge in [-0.05, 0) is 30.1 Å². The molecule has 0 saturated heterocycles. The molecule has 0 aliphatic carbocycles. The summed E-state index contributed by atoms with van der Waals surface area (Å²) in [4.78, 5) is 13.3. The van der Waals surface area contributed by atoms with Gasteiger partial charge in [-0.3, -0.25) is 4.90 Å². The minimum Gasteiger partial charge on any atom is -0.477 e. The van der Waals surface area contributed by atoms with Crippen molar-refractivity contribution in [2.24, 2.45) is 0 Å². The van der Waals surface area contributed by atoms with Gasteiger partial charge < -0.3 is 5.11 Å². The quantitative estimate of drug-likeness (QED) is 0.913. The van der Waals surface area contributed by atoms with E-state index in [1.54, 1.807) is 29.6 Å². The van der Waals surface area contributed by atoms with E-state index in [1.165, 1.54) is 17.4 Å². The maximum absolute atomic E-state index is 13.5. The van der Waals surface area contributed by atoms with Crippen LogP contribution in [0, 0.1) is 5.82 Å². The zero-order valence-corrected chi connectivity index (χ0v) is 11.3. The molecule has 1 aromatic heterocycles. The number of rotatable bonds is 5. The van der Waals surface area contributed by atoms with Crippen molar-refractivity contribution in [3.05, 3.63) is 57.5 Å². The number of nitrogens with zero attached hydrogens (tertiary/aromatic N) is 1. The first-order chi connectivity index (χ1) is 9.08. The number of thiophene rings is 1. The van der Waals surface area contributed by atoms with Gasteiger partial charge in [0, 0.05) is 18.7 Å². The average Bonchev–Trinajstić information content (AvgIpc) is 2.80. The van der Waals surface area contributed by atoms with E-state index in [2.05, 4.69) is 0 Å². The number of aromatic carboxylic acids is 1. The fourth-order valence-corrected chi connectivity index (χ4v) is 2.67. The summed E-state index contributed by atoms with van der Waals surface area (Å²) >= 11 is 1.21. The molecule has 0 amide bonds. The van der Waals surface area contributed by atoms with Gasteiger partial charge in [-0.1, -0.05) is 18.2 Å². The highest BCUT2D eigenvalue weighted by Gasteiger charge is 2.13. The van der Waals surface area contributed by atoms with E-state index in [0.717, 1.165) is 5.56 Å². The third-order valence-corrected chi connectivity index (χ3v) is 3.72. The second-order valence-electron chi connectivity index (χ2n) is 4.34. The van der Waals surface area contributed by atoms with E-state index >= 15 is 0 Å². The molecule has 0 spiro atoms. The van der Waals surface area contributed by atoms with Crippen LogP contribution in [0.3, 0.4) is 0 Å². The molecule has 3 nitrogen and oxygen atoms in total. The first kappa shape index (κ1) is 13.7. The fraction of sp³-hybridized carbons (Fsp3) is 0.214. The monoisotopic (exact) mass is 279 g/mol. The van der Waals surface area contributed by atoms with Crippen LogP contribution in [-0.2, 0) is 13.1 Å². The Hall–Kier alpha value is -1.72. The van der Waals surface area contributed by atoms with Gasteiger partial charge in [0.05, 0.1) is 0 Å². The first-order valence-corrected chi connectivity index (χ1v) is 6.67. The molecule has 2 aromatic rings. The topological polar surface area (TPSA) is 40.5 Å². The summed E-state index contributed by atoms with van der Waals surface area (Å²) in [5.41, 5.74) is 1.37. The Morgan fingerprint density at radius 1 is 1.26 bits per heavy atom. The normalized spacial score (nSPS) is 10.9. The van der Waals surface area contributed by atoms with Crippen LogP contribution in [0.15, 0.2) is 35.7 Å². The Morgan fingerprint density at radius 2 is 1.95 bits per heavy atom. The highest BCUT2D eigenvalue weighted by Crippen LogP contribution is 2.19. The Balaban J connectivity index is 2.06. The summed E-state index contributed by atoms with van der Waals surface area (Å²) in [6, 6.07) is 8.40. The van der Waals surface area contributed by atoms with Crippen LogP contribution in [0.5, 0.6) is 0 Å². The summed E-state index contributed by atoms with van der Waals surface area (Å²) in [5.74, 6) is -1.15. The minimum absolute atomic E-state index is 0.238. The van der Waals surface area contributed by atoms with Crippen LogP contribution in [0.4, 0.5) is 4.39 Å². The van der Waals surface area contributed by atoms with Crippen molar-refractivity contribution in [3.63, 3.8) is 0 Å². The molecule has 0 bridgehead atoms. The fourth-order valence-electron chi connectivity index (χ4n) is 1.91. The van der Waals surface area contributed by atoms with Gasteiger partial charge in [-0.15, -0.1) is 11.3 Å². The molecular formula is C14H14FNO2S. The van der Waals surface area contributed by atoms with Crippen molar-refractivity contribution >= 4 is 17.3 Å². The predicted molar refractivity (Wildman–Crippen MR) is 72.8 cm³/mol. The molecule has 1 N–H and O–H groups in total. The number of hydrogen-bond donors (Lipinski definition) is 1. The van der Waals surface area contributed by atoms with E-state index in [4.69, 9.17) is 5.11 Å². The van der Waals surface area contributed by atoms with Crippen molar-refractivity contribution in [1.82, 2.24) is 4.90 Å². The largest absolute Gasteiger partial charge is 0.477 e. The second kappa shape index (κ2) is 5.95. The molecule has 19 heavy (non-hydrogen) atoms. The smallest absolute Gasteiger partial charge is 0.346 e. The average molecular weight is 279 g/mol. The number of benzene rings is 1. The molecule has 0 fully saturated rings. The van der Waals surface area contributed by atoms with Gasteiger partial charge in [0.15, 0.2) is 0 Å². The van der Waals surface area contributed by atoms with E-state index in [0.29, 0.717) is 23.5 Å². The zero-order valence-electron chi connectivity index (χ0n) is 10.5. The lowest BCUT2D eigenvalue weighted by atomic mass is 10.2.